The van der Waals surface area contributed by atoms with Crippen molar-refractivity contribution in [3.05, 3.63) is 29.8 Å². The van der Waals surface area contributed by atoms with Gasteiger partial charge in [-0.15, -0.1) is 0 Å². The summed E-state index contributed by atoms with van der Waals surface area (Å²) >= 11 is 0. The summed E-state index contributed by atoms with van der Waals surface area (Å²) in [7, 11) is -0.252. The summed E-state index contributed by atoms with van der Waals surface area (Å²) in [5.41, 5.74) is 0.127. The second-order valence-corrected chi connectivity index (χ2v) is 13.1. The monoisotopic (exact) mass is 422 g/mol. The van der Waals surface area contributed by atoms with Crippen molar-refractivity contribution < 1.29 is 23.4 Å². The first-order valence-corrected chi connectivity index (χ1v) is 13.4. The molecular formula is C23H38O5Si. The topological polar surface area (TPSA) is 54.0 Å². The van der Waals surface area contributed by atoms with Crippen molar-refractivity contribution in [1.82, 2.24) is 0 Å². The van der Waals surface area contributed by atoms with E-state index in [0.29, 0.717) is 6.61 Å². The normalized spacial score (nSPS) is 30.2. The first kappa shape index (κ1) is 24.1. The van der Waals surface area contributed by atoms with E-state index >= 15 is 0 Å². The number of methoxy groups -OCH3 is 1. The fourth-order valence-corrected chi connectivity index (χ4v) is 7.43. The zero-order chi connectivity index (χ0) is 21.7. The molecule has 0 spiro atoms. The van der Waals surface area contributed by atoms with Gasteiger partial charge in [0.15, 0.2) is 14.6 Å². The predicted octanol–water partition coefficient (Wildman–Crippen LogP) is 4.98. The van der Waals surface area contributed by atoms with E-state index in [2.05, 4.69) is 27.7 Å². The van der Waals surface area contributed by atoms with Gasteiger partial charge >= 0.3 is 0 Å². The van der Waals surface area contributed by atoms with E-state index in [1.807, 2.05) is 38.1 Å². The highest BCUT2D eigenvalue weighted by Crippen LogP contribution is 2.39. The fraction of sp³-hybridized carbons (Fsp3) is 0.696. The Morgan fingerprint density at radius 2 is 1.69 bits per heavy atom. The van der Waals surface area contributed by atoms with Crippen molar-refractivity contribution in [3.63, 3.8) is 0 Å². The van der Waals surface area contributed by atoms with Crippen LogP contribution in [0.15, 0.2) is 24.3 Å². The highest BCUT2D eigenvalue weighted by atomic mass is 28.4. The van der Waals surface area contributed by atoms with Gasteiger partial charge < -0.3 is 23.4 Å². The van der Waals surface area contributed by atoms with Crippen LogP contribution in [-0.2, 0) is 25.3 Å². The van der Waals surface area contributed by atoms with Crippen LogP contribution in [-0.4, -0.2) is 45.6 Å². The Bertz CT molecular complexity index is 637. The zero-order valence-electron chi connectivity index (χ0n) is 19.1. The molecule has 1 aromatic carbocycles. The average molecular weight is 423 g/mol. The fourth-order valence-electron chi connectivity index (χ4n) is 4.45. The second-order valence-electron chi connectivity index (χ2n) is 8.39. The van der Waals surface area contributed by atoms with Crippen molar-refractivity contribution in [2.75, 3.05) is 7.11 Å². The lowest BCUT2D eigenvalue weighted by Gasteiger charge is -2.51. The van der Waals surface area contributed by atoms with E-state index in [-0.39, 0.29) is 24.2 Å². The number of rotatable bonds is 10. The Labute approximate surface area is 177 Å². The molecule has 1 fully saturated rings. The van der Waals surface area contributed by atoms with Crippen molar-refractivity contribution in [2.45, 2.75) is 90.2 Å². The molecule has 1 aliphatic rings. The maximum atomic E-state index is 12.0. The standard InChI is InChI=1S/C23H38O5Si/c1-8-29(9-2,10-3)28-22-17(4)21(18(5)27-23(22,6)16-24)26-15-19-11-13-20(25-7)14-12-19/h11-14,16-18,21-22H,8-10,15H2,1-7H3/t17-,18+,21-,22+,23-/m1/s1. The summed E-state index contributed by atoms with van der Waals surface area (Å²) in [5, 5.41) is 0. The molecule has 0 bridgehead atoms. The number of carbonyl (C=O) groups excluding carboxylic acids is 1. The lowest BCUT2D eigenvalue weighted by atomic mass is 9.81. The summed E-state index contributed by atoms with van der Waals surface area (Å²) in [6.45, 7) is 13.1. The van der Waals surface area contributed by atoms with E-state index in [0.717, 1.165) is 35.7 Å². The average Bonchev–Trinajstić information content (AvgIpc) is 2.74. The summed E-state index contributed by atoms with van der Waals surface area (Å²) in [5.74, 6) is 0.871. The van der Waals surface area contributed by atoms with Gasteiger partial charge in [0.25, 0.3) is 0 Å². The van der Waals surface area contributed by atoms with Crippen LogP contribution in [0.4, 0.5) is 0 Å². The number of aldehydes is 1. The molecule has 0 N–H and O–H groups in total. The SMILES string of the molecule is CC[Si](CC)(CC)O[C@H]1[C@H](C)[C@@H](OCc2ccc(OC)cc2)[C@H](C)O[C@]1(C)C=O. The molecule has 1 aliphatic heterocycles. The van der Waals surface area contributed by atoms with Crippen LogP contribution < -0.4 is 4.74 Å². The molecule has 0 saturated carbocycles. The second kappa shape index (κ2) is 10.2. The first-order valence-electron chi connectivity index (χ1n) is 10.8. The van der Waals surface area contributed by atoms with E-state index in [9.17, 15) is 4.79 Å². The Morgan fingerprint density at radius 1 is 1.10 bits per heavy atom. The number of hydrogen-bond donors (Lipinski definition) is 0. The number of hydrogen-bond acceptors (Lipinski definition) is 5. The van der Waals surface area contributed by atoms with Crippen LogP contribution in [0.1, 0.15) is 47.1 Å². The largest absolute Gasteiger partial charge is 0.497 e. The van der Waals surface area contributed by atoms with Gasteiger partial charge in [0.2, 0.25) is 0 Å². The van der Waals surface area contributed by atoms with Gasteiger partial charge in [-0.3, -0.25) is 0 Å². The summed E-state index contributed by atoms with van der Waals surface area (Å²) < 4.78 is 24.5. The van der Waals surface area contributed by atoms with Gasteiger partial charge in [-0.25, -0.2) is 0 Å². The van der Waals surface area contributed by atoms with E-state index in [1.165, 1.54) is 0 Å². The third kappa shape index (κ3) is 5.29. The van der Waals surface area contributed by atoms with Crippen molar-refractivity contribution in [2.24, 2.45) is 5.92 Å². The van der Waals surface area contributed by atoms with E-state index < -0.39 is 13.9 Å². The third-order valence-corrected chi connectivity index (χ3v) is 11.2. The lowest BCUT2D eigenvalue weighted by Crippen LogP contribution is -2.63. The Morgan fingerprint density at radius 3 is 2.17 bits per heavy atom. The molecule has 164 valence electrons. The molecule has 1 aromatic rings. The van der Waals surface area contributed by atoms with Crippen LogP contribution in [0.5, 0.6) is 5.75 Å². The van der Waals surface area contributed by atoms with E-state index in [4.69, 9.17) is 18.6 Å². The lowest BCUT2D eigenvalue weighted by molar-refractivity contribution is -0.233. The van der Waals surface area contributed by atoms with Crippen molar-refractivity contribution in [3.8, 4) is 5.75 Å². The third-order valence-electron chi connectivity index (χ3n) is 6.61. The number of carbonyl (C=O) groups is 1. The van der Waals surface area contributed by atoms with Gasteiger partial charge in [0.05, 0.1) is 32.0 Å². The molecular weight excluding hydrogens is 384 g/mol. The van der Waals surface area contributed by atoms with Crippen molar-refractivity contribution >= 4 is 14.6 Å². The molecule has 0 aromatic heterocycles. The zero-order valence-corrected chi connectivity index (χ0v) is 20.1. The van der Waals surface area contributed by atoms with Crippen molar-refractivity contribution in [1.29, 1.82) is 0 Å². The van der Waals surface area contributed by atoms with Gasteiger partial charge in [-0.1, -0.05) is 39.8 Å². The van der Waals surface area contributed by atoms with Gasteiger partial charge in [0.1, 0.15) is 11.4 Å². The van der Waals surface area contributed by atoms with Crippen LogP contribution >= 0.6 is 0 Å². The number of ether oxygens (including phenoxy) is 3. The molecule has 1 heterocycles. The van der Waals surface area contributed by atoms with Gasteiger partial charge in [-0.2, -0.15) is 0 Å². The minimum atomic E-state index is -1.91. The molecule has 29 heavy (non-hydrogen) atoms. The molecule has 0 unspecified atom stereocenters. The summed E-state index contributed by atoms with van der Waals surface area (Å²) in [4.78, 5) is 12.0. The maximum absolute atomic E-state index is 12.0. The number of benzene rings is 1. The van der Waals surface area contributed by atoms with Crippen LogP contribution in [0.3, 0.4) is 0 Å². The summed E-state index contributed by atoms with van der Waals surface area (Å²) in [6, 6.07) is 11.0. The van der Waals surface area contributed by atoms with Gasteiger partial charge in [0, 0.05) is 5.92 Å². The summed E-state index contributed by atoms with van der Waals surface area (Å²) in [6.07, 6.45) is 0.278. The van der Waals surface area contributed by atoms with Gasteiger partial charge in [-0.05, 0) is 49.7 Å². The highest BCUT2D eigenvalue weighted by molar-refractivity contribution is 6.73. The van der Waals surface area contributed by atoms with Crippen LogP contribution in [0, 0.1) is 5.92 Å². The molecule has 5 nitrogen and oxygen atoms in total. The molecule has 0 radical (unpaired) electrons. The molecule has 0 amide bonds. The highest BCUT2D eigenvalue weighted by Gasteiger charge is 2.52. The van der Waals surface area contributed by atoms with Crippen LogP contribution in [0.25, 0.3) is 0 Å². The smallest absolute Gasteiger partial charge is 0.192 e. The van der Waals surface area contributed by atoms with E-state index in [1.54, 1.807) is 7.11 Å². The Balaban J connectivity index is 2.19. The maximum Gasteiger partial charge on any atom is 0.192 e. The molecule has 6 heteroatoms. The Hall–Kier alpha value is -1.21. The Kier molecular flexibility index (Phi) is 8.46. The van der Waals surface area contributed by atoms with Crippen LogP contribution in [0.2, 0.25) is 18.1 Å². The molecule has 0 aliphatic carbocycles. The minimum Gasteiger partial charge on any atom is -0.497 e. The molecule has 5 atom stereocenters. The molecule has 1 saturated heterocycles. The minimum absolute atomic E-state index is 0.0451. The predicted molar refractivity (Wildman–Crippen MR) is 118 cm³/mol. The molecule has 2 rings (SSSR count). The quantitative estimate of drug-likeness (QED) is 0.393. The first-order chi connectivity index (χ1) is 13.8.